The number of urea groups is 1. The van der Waals surface area contributed by atoms with E-state index < -0.39 is 0 Å². The van der Waals surface area contributed by atoms with Gasteiger partial charge < -0.3 is 10.6 Å². The molecular formula is C5H11N2O. The van der Waals surface area contributed by atoms with Crippen molar-refractivity contribution >= 4 is 6.03 Å². The van der Waals surface area contributed by atoms with Gasteiger partial charge in [-0.25, -0.2) is 4.79 Å². The highest BCUT2D eigenvalue weighted by Crippen LogP contribution is 1.81. The van der Waals surface area contributed by atoms with Gasteiger partial charge in [0.15, 0.2) is 0 Å². The van der Waals surface area contributed by atoms with Crippen molar-refractivity contribution in [3.63, 3.8) is 0 Å². The highest BCUT2D eigenvalue weighted by atomic mass is 16.2. The van der Waals surface area contributed by atoms with Gasteiger partial charge in [0.05, 0.1) is 0 Å². The molecule has 0 aromatic heterocycles. The Morgan fingerprint density at radius 1 is 1.88 bits per heavy atom. The topological polar surface area (TPSA) is 46.3 Å². The van der Waals surface area contributed by atoms with E-state index in [1.165, 1.54) is 4.90 Å². The van der Waals surface area contributed by atoms with Gasteiger partial charge in [-0.15, -0.1) is 0 Å². The molecule has 0 heterocycles. The Morgan fingerprint density at radius 3 is 2.50 bits per heavy atom. The van der Waals surface area contributed by atoms with Crippen LogP contribution in [0.3, 0.4) is 0 Å². The number of carbonyl (C=O) groups excluding carboxylic acids is 1. The predicted molar refractivity (Wildman–Crippen MR) is 32.2 cm³/mol. The summed E-state index contributed by atoms with van der Waals surface area (Å²) in [4.78, 5) is 11.6. The summed E-state index contributed by atoms with van der Waals surface area (Å²) in [5.41, 5.74) is 4.89. The Bertz CT molecular complexity index is 82.5. The number of rotatable bonds is 2. The van der Waals surface area contributed by atoms with Crippen LogP contribution in [-0.4, -0.2) is 24.5 Å². The first kappa shape index (κ1) is 7.27. The number of amides is 2. The molecule has 0 aromatic carbocycles. The Labute approximate surface area is 49.5 Å². The average Bonchev–Trinajstić information content (AvgIpc) is 1.67. The smallest absolute Gasteiger partial charge is 0.314 e. The van der Waals surface area contributed by atoms with Gasteiger partial charge in [-0.2, -0.15) is 0 Å². The third-order valence-electron chi connectivity index (χ3n) is 0.833. The van der Waals surface area contributed by atoms with E-state index in [2.05, 4.69) is 0 Å². The zero-order chi connectivity index (χ0) is 6.57. The van der Waals surface area contributed by atoms with Crippen LogP contribution in [-0.2, 0) is 0 Å². The third kappa shape index (κ3) is 2.44. The first-order valence-corrected chi connectivity index (χ1v) is 2.47. The fraction of sp³-hybridized carbons (Fsp3) is 0.600. The largest absolute Gasteiger partial charge is 0.351 e. The summed E-state index contributed by atoms with van der Waals surface area (Å²) in [6.07, 6.45) is 1.87. The van der Waals surface area contributed by atoms with Crippen LogP contribution in [0.25, 0.3) is 0 Å². The zero-order valence-corrected chi connectivity index (χ0v) is 5.22. The quantitative estimate of drug-likeness (QED) is 0.549. The van der Waals surface area contributed by atoms with E-state index in [0.717, 1.165) is 0 Å². The maximum absolute atomic E-state index is 10.2. The molecule has 8 heavy (non-hydrogen) atoms. The minimum atomic E-state index is -0.386. The average molecular weight is 115 g/mol. The number of nitrogens with zero attached hydrogens (tertiary/aromatic N) is 1. The van der Waals surface area contributed by atoms with Crippen LogP contribution in [0.5, 0.6) is 0 Å². The molecule has 0 fully saturated rings. The molecule has 0 spiro atoms. The van der Waals surface area contributed by atoms with Gasteiger partial charge >= 0.3 is 6.03 Å². The van der Waals surface area contributed by atoms with Crippen LogP contribution in [0.1, 0.15) is 6.92 Å². The molecule has 3 heteroatoms. The van der Waals surface area contributed by atoms with Crippen molar-refractivity contribution in [1.29, 1.82) is 0 Å². The Morgan fingerprint density at radius 2 is 2.38 bits per heavy atom. The Kier molecular flexibility index (Phi) is 2.99. The predicted octanol–water partition coefficient (Wildman–Crippen LogP) is 0.221. The van der Waals surface area contributed by atoms with Crippen molar-refractivity contribution < 1.29 is 4.79 Å². The van der Waals surface area contributed by atoms with E-state index in [1.807, 2.05) is 13.3 Å². The Balaban J connectivity index is 3.32. The molecule has 0 saturated heterocycles. The van der Waals surface area contributed by atoms with E-state index in [9.17, 15) is 4.79 Å². The first-order chi connectivity index (χ1) is 3.68. The van der Waals surface area contributed by atoms with Gasteiger partial charge in [-0.05, 0) is 6.42 Å². The molecule has 3 nitrogen and oxygen atoms in total. The maximum atomic E-state index is 10.2. The van der Waals surface area contributed by atoms with E-state index in [-0.39, 0.29) is 6.03 Å². The maximum Gasteiger partial charge on any atom is 0.314 e. The Hall–Kier alpha value is -0.730. The van der Waals surface area contributed by atoms with Crippen LogP contribution >= 0.6 is 0 Å². The van der Waals surface area contributed by atoms with Gasteiger partial charge in [0, 0.05) is 13.6 Å². The molecule has 0 aliphatic heterocycles. The molecular weight excluding hydrogens is 104 g/mol. The lowest BCUT2D eigenvalue weighted by atomic mass is 10.4. The van der Waals surface area contributed by atoms with Crippen molar-refractivity contribution in [3.8, 4) is 0 Å². The van der Waals surface area contributed by atoms with E-state index in [1.54, 1.807) is 7.05 Å². The van der Waals surface area contributed by atoms with Crippen molar-refractivity contribution in [2.24, 2.45) is 5.73 Å². The van der Waals surface area contributed by atoms with Crippen molar-refractivity contribution in [2.75, 3.05) is 13.6 Å². The van der Waals surface area contributed by atoms with Gasteiger partial charge in [0.2, 0.25) is 0 Å². The molecule has 0 atom stereocenters. The summed E-state index contributed by atoms with van der Waals surface area (Å²) in [6, 6.07) is -0.386. The molecule has 0 aliphatic rings. The van der Waals surface area contributed by atoms with E-state index in [4.69, 9.17) is 5.73 Å². The van der Waals surface area contributed by atoms with Crippen molar-refractivity contribution in [3.05, 3.63) is 6.42 Å². The number of hydrogen-bond acceptors (Lipinski definition) is 1. The summed E-state index contributed by atoms with van der Waals surface area (Å²) < 4.78 is 0. The molecule has 0 aliphatic carbocycles. The molecule has 2 N–H and O–H groups in total. The van der Waals surface area contributed by atoms with Crippen LogP contribution in [0.4, 0.5) is 4.79 Å². The molecule has 2 amide bonds. The second-order valence-corrected chi connectivity index (χ2v) is 1.63. The minimum Gasteiger partial charge on any atom is -0.351 e. The highest BCUT2D eigenvalue weighted by Gasteiger charge is 1.97. The molecule has 0 saturated carbocycles. The monoisotopic (exact) mass is 115 g/mol. The van der Waals surface area contributed by atoms with Crippen LogP contribution in [0, 0.1) is 6.42 Å². The highest BCUT2D eigenvalue weighted by molar-refractivity contribution is 5.71. The van der Waals surface area contributed by atoms with Gasteiger partial charge in [0.25, 0.3) is 0 Å². The lowest BCUT2D eigenvalue weighted by molar-refractivity contribution is 0.221. The van der Waals surface area contributed by atoms with Gasteiger partial charge in [-0.3, -0.25) is 0 Å². The number of primary amides is 1. The fourth-order valence-electron chi connectivity index (χ4n) is 0.364. The molecule has 1 radical (unpaired) electrons. The first-order valence-electron chi connectivity index (χ1n) is 2.47. The SMILES string of the molecule is C[CH]CN(C)C(N)=O. The van der Waals surface area contributed by atoms with Crippen LogP contribution in [0.2, 0.25) is 0 Å². The summed E-state index contributed by atoms with van der Waals surface area (Å²) in [5, 5.41) is 0. The van der Waals surface area contributed by atoms with Gasteiger partial charge in [0.1, 0.15) is 0 Å². The molecule has 0 bridgehead atoms. The lowest BCUT2D eigenvalue weighted by Crippen LogP contribution is -2.32. The number of nitrogens with two attached hydrogens (primary N) is 1. The number of carbonyl (C=O) groups is 1. The van der Waals surface area contributed by atoms with Crippen molar-refractivity contribution in [1.82, 2.24) is 4.90 Å². The lowest BCUT2D eigenvalue weighted by Gasteiger charge is -2.10. The normalized spacial score (nSPS) is 8.75. The summed E-state index contributed by atoms with van der Waals surface area (Å²) in [7, 11) is 1.66. The number of hydrogen-bond donors (Lipinski definition) is 1. The summed E-state index contributed by atoms with van der Waals surface area (Å²) in [5.74, 6) is 0. The summed E-state index contributed by atoms with van der Waals surface area (Å²) >= 11 is 0. The van der Waals surface area contributed by atoms with Crippen LogP contribution in [0.15, 0.2) is 0 Å². The molecule has 0 rings (SSSR count). The fourth-order valence-corrected chi connectivity index (χ4v) is 0.364. The molecule has 0 aromatic rings. The second kappa shape index (κ2) is 3.29. The zero-order valence-electron chi connectivity index (χ0n) is 5.22. The minimum absolute atomic E-state index is 0.386. The van der Waals surface area contributed by atoms with E-state index >= 15 is 0 Å². The third-order valence-corrected chi connectivity index (χ3v) is 0.833. The molecule has 47 valence electrons. The standard InChI is InChI=1S/C5H11N2O/c1-3-4-7(2)5(6)8/h3H,4H2,1-2H3,(H2,6,8). The summed E-state index contributed by atoms with van der Waals surface area (Å²) in [6.45, 7) is 2.49. The molecule has 0 unspecified atom stereocenters. The van der Waals surface area contributed by atoms with E-state index in [0.29, 0.717) is 6.54 Å². The van der Waals surface area contributed by atoms with Gasteiger partial charge in [-0.1, -0.05) is 6.92 Å². The van der Waals surface area contributed by atoms with Crippen molar-refractivity contribution in [2.45, 2.75) is 6.92 Å². The second-order valence-electron chi connectivity index (χ2n) is 1.63. The van der Waals surface area contributed by atoms with Crippen LogP contribution < -0.4 is 5.73 Å².